The van der Waals surface area contributed by atoms with E-state index in [0.717, 1.165) is 0 Å². The molecule has 2 aromatic rings. The molecule has 2 rings (SSSR count). The summed E-state index contributed by atoms with van der Waals surface area (Å²) in [6.45, 7) is 2.01. The minimum Gasteiger partial charge on any atom is -0.490 e. The third kappa shape index (κ3) is 7.06. The Kier molecular flexibility index (Phi) is 8.94. The first-order valence-electron chi connectivity index (χ1n) is 8.37. The topological polar surface area (TPSA) is 69.2 Å². The molecule has 0 aliphatic rings. The van der Waals surface area contributed by atoms with Gasteiger partial charge in [0.1, 0.15) is 12.4 Å². The fourth-order valence-corrected chi connectivity index (χ4v) is 2.86. The Hall–Kier alpha value is -2.59. The van der Waals surface area contributed by atoms with Crippen LogP contribution < -0.4 is 19.6 Å². The van der Waals surface area contributed by atoms with Crippen LogP contribution in [0.15, 0.2) is 35.4 Å². The lowest BCUT2D eigenvalue weighted by molar-refractivity contribution is -0.123. The van der Waals surface area contributed by atoms with Crippen LogP contribution in [0.2, 0.25) is 15.1 Å². The van der Waals surface area contributed by atoms with Crippen molar-refractivity contribution in [2.24, 2.45) is 5.10 Å². The average Bonchev–Trinajstić information content (AvgIpc) is 2.67. The van der Waals surface area contributed by atoms with E-state index in [9.17, 15) is 4.79 Å². The monoisotopic (exact) mass is 454 g/mol. The summed E-state index contributed by atoms with van der Waals surface area (Å²) in [6.07, 6.45) is 6.62. The molecule has 1 amide bonds. The van der Waals surface area contributed by atoms with Gasteiger partial charge >= 0.3 is 0 Å². The van der Waals surface area contributed by atoms with E-state index in [2.05, 4.69) is 16.4 Å². The van der Waals surface area contributed by atoms with Crippen LogP contribution in [0.25, 0.3) is 0 Å². The molecule has 0 saturated carbocycles. The van der Waals surface area contributed by atoms with Crippen molar-refractivity contribution in [2.45, 2.75) is 6.92 Å². The van der Waals surface area contributed by atoms with E-state index in [4.69, 9.17) is 55.4 Å². The standard InChI is InChI=1S/C20H17Cl3N2O4/c1-3-7-28-20-16(23)8-13(9-18(20)27-4-2)11-24-25-19(26)12-29-17-6-5-14(21)10-15(17)22/h1,5-6,8-11H,4,7,12H2,2H3,(H,25,26)/b24-11-. The zero-order valence-electron chi connectivity index (χ0n) is 15.4. The summed E-state index contributed by atoms with van der Waals surface area (Å²) in [4.78, 5) is 11.9. The number of amides is 1. The number of carbonyl (C=O) groups is 1. The van der Waals surface area contributed by atoms with Crippen molar-refractivity contribution in [3.8, 4) is 29.6 Å². The van der Waals surface area contributed by atoms with Crippen LogP contribution in [0.3, 0.4) is 0 Å². The van der Waals surface area contributed by atoms with Crippen molar-refractivity contribution in [2.75, 3.05) is 19.8 Å². The number of halogens is 3. The lowest BCUT2D eigenvalue weighted by Crippen LogP contribution is -2.24. The number of hydrogen-bond acceptors (Lipinski definition) is 5. The van der Waals surface area contributed by atoms with Crippen LogP contribution in [-0.4, -0.2) is 31.9 Å². The van der Waals surface area contributed by atoms with Crippen LogP contribution in [0, 0.1) is 12.3 Å². The molecule has 0 spiro atoms. The third-order valence-electron chi connectivity index (χ3n) is 3.29. The highest BCUT2D eigenvalue weighted by Crippen LogP contribution is 2.36. The molecule has 152 valence electrons. The van der Waals surface area contributed by atoms with Crippen LogP contribution in [0.4, 0.5) is 0 Å². The second-order valence-corrected chi connectivity index (χ2v) is 6.66. The first-order valence-corrected chi connectivity index (χ1v) is 9.50. The highest BCUT2D eigenvalue weighted by molar-refractivity contribution is 6.35. The summed E-state index contributed by atoms with van der Waals surface area (Å²) in [7, 11) is 0. The van der Waals surface area contributed by atoms with Crippen LogP contribution in [0.5, 0.6) is 17.2 Å². The molecule has 0 aliphatic carbocycles. The van der Waals surface area contributed by atoms with Gasteiger partial charge in [0, 0.05) is 5.02 Å². The van der Waals surface area contributed by atoms with Crippen molar-refractivity contribution in [3.05, 3.63) is 51.0 Å². The predicted octanol–water partition coefficient (Wildman–Crippen LogP) is 4.59. The summed E-state index contributed by atoms with van der Waals surface area (Å²) >= 11 is 18.0. The third-order valence-corrected chi connectivity index (χ3v) is 4.10. The first kappa shape index (κ1) is 22.7. The fraction of sp³-hybridized carbons (Fsp3) is 0.200. The summed E-state index contributed by atoms with van der Waals surface area (Å²) in [6, 6.07) is 7.97. The second kappa shape index (κ2) is 11.4. The molecule has 29 heavy (non-hydrogen) atoms. The van der Waals surface area contributed by atoms with Gasteiger partial charge in [0.2, 0.25) is 0 Å². The Labute approximate surface area is 183 Å². The lowest BCUT2D eigenvalue weighted by Gasteiger charge is -2.12. The van der Waals surface area contributed by atoms with Crippen molar-refractivity contribution in [1.29, 1.82) is 0 Å². The maximum absolute atomic E-state index is 11.9. The van der Waals surface area contributed by atoms with E-state index >= 15 is 0 Å². The second-order valence-electron chi connectivity index (χ2n) is 5.41. The summed E-state index contributed by atoms with van der Waals surface area (Å²) < 4.78 is 16.3. The Morgan fingerprint density at radius 1 is 1.14 bits per heavy atom. The van der Waals surface area contributed by atoms with Gasteiger partial charge in [-0.25, -0.2) is 5.43 Å². The van der Waals surface area contributed by atoms with Crippen LogP contribution >= 0.6 is 34.8 Å². The number of hydrazone groups is 1. The number of benzene rings is 2. The van der Waals surface area contributed by atoms with Crippen LogP contribution in [-0.2, 0) is 4.79 Å². The molecule has 9 heteroatoms. The lowest BCUT2D eigenvalue weighted by atomic mass is 10.2. The molecule has 0 atom stereocenters. The molecular formula is C20H17Cl3N2O4. The number of nitrogens with one attached hydrogen (secondary N) is 1. The van der Waals surface area contributed by atoms with Crippen molar-refractivity contribution in [3.63, 3.8) is 0 Å². The number of ether oxygens (including phenoxy) is 3. The largest absolute Gasteiger partial charge is 0.490 e. The Morgan fingerprint density at radius 2 is 1.93 bits per heavy atom. The Balaban J connectivity index is 1.98. The number of nitrogens with zero attached hydrogens (tertiary/aromatic N) is 1. The molecule has 0 aromatic heterocycles. The van der Waals surface area contributed by atoms with E-state index in [0.29, 0.717) is 44.5 Å². The van der Waals surface area contributed by atoms with Gasteiger partial charge in [-0.1, -0.05) is 40.7 Å². The smallest absolute Gasteiger partial charge is 0.277 e. The first-order chi connectivity index (χ1) is 13.9. The van der Waals surface area contributed by atoms with Gasteiger partial charge in [-0.2, -0.15) is 5.10 Å². The molecular weight excluding hydrogens is 439 g/mol. The normalized spacial score (nSPS) is 10.4. The maximum atomic E-state index is 11.9. The summed E-state index contributed by atoms with van der Waals surface area (Å²) in [5, 5.41) is 4.96. The molecule has 0 radical (unpaired) electrons. The molecule has 0 bridgehead atoms. The fourth-order valence-electron chi connectivity index (χ4n) is 2.13. The van der Waals surface area contributed by atoms with Gasteiger partial charge in [-0.15, -0.1) is 6.42 Å². The zero-order valence-corrected chi connectivity index (χ0v) is 17.6. The highest BCUT2D eigenvalue weighted by atomic mass is 35.5. The predicted molar refractivity (Wildman–Crippen MR) is 115 cm³/mol. The molecule has 0 saturated heterocycles. The number of carbonyl (C=O) groups excluding carboxylic acids is 1. The molecule has 2 aromatic carbocycles. The quantitative estimate of drug-likeness (QED) is 0.341. The van der Waals surface area contributed by atoms with E-state index < -0.39 is 5.91 Å². The van der Waals surface area contributed by atoms with Gasteiger partial charge in [-0.05, 0) is 42.8 Å². The Bertz CT molecular complexity index is 942. The zero-order chi connectivity index (χ0) is 21.2. The van der Waals surface area contributed by atoms with Gasteiger partial charge in [0.15, 0.2) is 18.1 Å². The molecule has 0 heterocycles. The molecule has 1 N–H and O–H groups in total. The van der Waals surface area contributed by atoms with E-state index in [-0.39, 0.29) is 13.2 Å². The molecule has 6 nitrogen and oxygen atoms in total. The van der Waals surface area contributed by atoms with Gasteiger partial charge in [0.25, 0.3) is 5.91 Å². The average molecular weight is 456 g/mol. The van der Waals surface area contributed by atoms with E-state index in [1.165, 1.54) is 12.3 Å². The number of rotatable bonds is 9. The molecule has 0 aliphatic heterocycles. The number of hydrogen-bond donors (Lipinski definition) is 1. The van der Waals surface area contributed by atoms with Gasteiger partial charge < -0.3 is 14.2 Å². The van der Waals surface area contributed by atoms with Crippen molar-refractivity contribution in [1.82, 2.24) is 5.43 Å². The van der Waals surface area contributed by atoms with E-state index in [1.807, 2.05) is 6.92 Å². The van der Waals surface area contributed by atoms with Crippen LogP contribution in [0.1, 0.15) is 12.5 Å². The van der Waals surface area contributed by atoms with Gasteiger partial charge in [0.05, 0.1) is 22.9 Å². The summed E-state index contributed by atoms with van der Waals surface area (Å²) in [5.74, 6) is 3.00. The Morgan fingerprint density at radius 3 is 2.62 bits per heavy atom. The van der Waals surface area contributed by atoms with E-state index in [1.54, 1.807) is 24.3 Å². The molecule has 0 unspecified atom stereocenters. The van der Waals surface area contributed by atoms with Gasteiger partial charge in [-0.3, -0.25) is 4.79 Å². The highest BCUT2D eigenvalue weighted by Gasteiger charge is 2.12. The summed E-state index contributed by atoms with van der Waals surface area (Å²) in [5.41, 5.74) is 2.94. The van der Waals surface area contributed by atoms with Crippen molar-refractivity contribution < 1.29 is 19.0 Å². The number of terminal acetylenes is 1. The van der Waals surface area contributed by atoms with Crippen molar-refractivity contribution >= 4 is 46.9 Å². The minimum atomic E-state index is -0.475. The SMILES string of the molecule is C#CCOc1c(Cl)cc(/C=N\NC(=O)COc2ccc(Cl)cc2Cl)cc1OCC. The minimum absolute atomic E-state index is 0.0565. The molecule has 0 fully saturated rings. The maximum Gasteiger partial charge on any atom is 0.277 e.